The van der Waals surface area contributed by atoms with E-state index in [2.05, 4.69) is 10.1 Å². The minimum Gasteiger partial charge on any atom is -0.383 e. The SMILES string of the molecule is CC(C)NP1(=O)OC[C@H]2O[C@@](C#N)(n3ccc(N)nc3=O)[C@](C)(O)[C@@H]2O1. The van der Waals surface area contributed by atoms with Gasteiger partial charge in [-0.05, 0) is 26.8 Å². The van der Waals surface area contributed by atoms with Gasteiger partial charge < -0.3 is 15.6 Å². The lowest BCUT2D eigenvalue weighted by Crippen LogP contribution is -2.58. The van der Waals surface area contributed by atoms with Crippen LogP contribution in [0, 0.1) is 11.3 Å². The van der Waals surface area contributed by atoms with Gasteiger partial charge in [-0.2, -0.15) is 10.2 Å². The molecule has 1 aromatic rings. The maximum atomic E-state index is 12.7. The zero-order valence-electron chi connectivity index (χ0n) is 14.4. The Bertz CT molecular complexity index is 864. The van der Waals surface area contributed by atoms with E-state index in [-0.39, 0.29) is 18.5 Å². The first-order valence-electron chi connectivity index (χ1n) is 7.92. The minimum absolute atomic E-state index is 0.0420. The van der Waals surface area contributed by atoms with Crippen LogP contribution in [0.25, 0.3) is 0 Å². The Labute approximate surface area is 149 Å². The average molecular weight is 385 g/mol. The summed E-state index contributed by atoms with van der Waals surface area (Å²) >= 11 is 0. The molecule has 142 valence electrons. The molecule has 0 radical (unpaired) electrons. The third-order valence-corrected chi connectivity index (χ3v) is 6.12. The molecule has 2 aliphatic heterocycles. The number of nitrogens with zero attached hydrogens (tertiary/aromatic N) is 3. The molecule has 2 aliphatic rings. The van der Waals surface area contributed by atoms with Crippen molar-refractivity contribution in [1.29, 1.82) is 5.26 Å². The highest BCUT2D eigenvalue weighted by Gasteiger charge is 2.69. The summed E-state index contributed by atoms with van der Waals surface area (Å²) in [6.45, 7) is 4.58. The summed E-state index contributed by atoms with van der Waals surface area (Å²) in [6.07, 6.45) is -0.908. The molecule has 2 saturated heterocycles. The second-order valence-electron chi connectivity index (χ2n) is 6.67. The van der Waals surface area contributed by atoms with Crippen LogP contribution in [0.2, 0.25) is 0 Å². The van der Waals surface area contributed by atoms with Crippen LogP contribution < -0.4 is 16.5 Å². The summed E-state index contributed by atoms with van der Waals surface area (Å²) < 4.78 is 30.0. The van der Waals surface area contributed by atoms with Gasteiger partial charge in [0.25, 0.3) is 5.72 Å². The van der Waals surface area contributed by atoms with E-state index in [9.17, 15) is 19.7 Å². The number of nitrogen functional groups attached to an aromatic ring is 1. The molecule has 1 aromatic heterocycles. The maximum absolute atomic E-state index is 12.7. The van der Waals surface area contributed by atoms with E-state index in [1.165, 1.54) is 19.2 Å². The summed E-state index contributed by atoms with van der Waals surface area (Å²) in [4.78, 5) is 15.8. The second kappa shape index (κ2) is 6.13. The molecule has 2 fully saturated rings. The van der Waals surface area contributed by atoms with E-state index >= 15 is 0 Å². The zero-order chi connectivity index (χ0) is 19.3. The Balaban J connectivity index is 2.05. The first-order chi connectivity index (χ1) is 12.0. The number of ether oxygens (including phenoxy) is 1. The van der Waals surface area contributed by atoms with Gasteiger partial charge in [0.05, 0.1) is 6.61 Å². The van der Waals surface area contributed by atoms with Crippen molar-refractivity contribution in [2.75, 3.05) is 12.3 Å². The highest BCUT2D eigenvalue weighted by atomic mass is 31.2. The standard InChI is InChI=1S/C14H20N5O6P/c1-8(2)18-26(22)23-6-9-11(25-26)13(3,21)14(7-15,24-9)19-5-4-10(16)17-12(19)20/h4-5,8-9,11,21H,6H2,1-3H3,(H,18,22)(H2,16,17,20)/t9-,11-,13-,14-,26?/m1/s1. The molecule has 11 nitrogen and oxygen atoms in total. The molecule has 0 spiro atoms. The van der Waals surface area contributed by atoms with E-state index in [1.807, 2.05) is 6.07 Å². The average Bonchev–Trinajstić information content (AvgIpc) is 2.74. The highest BCUT2D eigenvalue weighted by molar-refractivity contribution is 7.51. The van der Waals surface area contributed by atoms with Gasteiger partial charge in [0.2, 0.25) is 0 Å². The molecule has 0 aromatic carbocycles. The smallest absolute Gasteiger partial charge is 0.383 e. The minimum atomic E-state index is -3.72. The summed E-state index contributed by atoms with van der Waals surface area (Å²) in [5.74, 6) is -0.0420. The summed E-state index contributed by atoms with van der Waals surface area (Å²) in [5, 5.41) is 23.6. The van der Waals surface area contributed by atoms with Crippen LogP contribution >= 0.6 is 7.75 Å². The molecule has 5 atom stereocenters. The predicted octanol–water partition coefficient (Wildman–Crippen LogP) is -0.327. The number of anilines is 1. The Kier molecular flexibility index (Phi) is 4.47. The van der Waals surface area contributed by atoms with Gasteiger partial charge in [-0.3, -0.25) is 13.6 Å². The maximum Gasteiger partial charge on any atom is 0.406 e. The third kappa shape index (κ3) is 2.75. The van der Waals surface area contributed by atoms with Crippen LogP contribution in [0.3, 0.4) is 0 Å². The molecule has 1 unspecified atom stereocenters. The lowest BCUT2D eigenvalue weighted by atomic mass is 9.88. The van der Waals surface area contributed by atoms with Gasteiger partial charge in [-0.1, -0.05) is 0 Å². The topological polar surface area (TPSA) is 162 Å². The number of hydrogen-bond acceptors (Lipinski definition) is 9. The fraction of sp³-hybridized carbons (Fsp3) is 0.643. The van der Waals surface area contributed by atoms with Crippen molar-refractivity contribution in [3.8, 4) is 6.07 Å². The van der Waals surface area contributed by atoms with Crippen LogP contribution in [0.1, 0.15) is 20.8 Å². The van der Waals surface area contributed by atoms with Gasteiger partial charge in [0.15, 0.2) is 5.60 Å². The van der Waals surface area contributed by atoms with Crippen molar-refractivity contribution in [3.63, 3.8) is 0 Å². The quantitative estimate of drug-likeness (QED) is 0.587. The van der Waals surface area contributed by atoms with Crippen molar-refractivity contribution in [3.05, 3.63) is 22.7 Å². The number of hydrogen-bond donors (Lipinski definition) is 3. The predicted molar refractivity (Wildman–Crippen MR) is 88.7 cm³/mol. The van der Waals surface area contributed by atoms with Crippen molar-refractivity contribution in [2.24, 2.45) is 0 Å². The first kappa shape index (κ1) is 19.0. The molecule has 0 amide bonds. The number of aliphatic hydroxyl groups is 1. The van der Waals surface area contributed by atoms with Crippen molar-refractivity contribution in [1.82, 2.24) is 14.6 Å². The van der Waals surface area contributed by atoms with Gasteiger partial charge in [0.1, 0.15) is 24.1 Å². The van der Waals surface area contributed by atoms with E-state index < -0.39 is 37.0 Å². The Morgan fingerprint density at radius 1 is 1.62 bits per heavy atom. The van der Waals surface area contributed by atoms with E-state index in [4.69, 9.17) is 19.5 Å². The molecular weight excluding hydrogens is 365 g/mol. The highest BCUT2D eigenvalue weighted by Crippen LogP contribution is 2.57. The normalized spacial score (nSPS) is 39.5. The number of fused-ring (bicyclic) bond motifs is 1. The Morgan fingerprint density at radius 3 is 2.88 bits per heavy atom. The molecule has 0 saturated carbocycles. The number of rotatable bonds is 3. The monoisotopic (exact) mass is 385 g/mol. The van der Waals surface area contributed by atoms with E-state index in [1.54, 1.807) is 13.8 Å². The van der Waals surface area contributed by atoms with Crippen LogP contribution in [-0.2, 0) is 24.1 Å². The first-order valence-corrected chi connectivity index (χ1v) is 9.47. The van der Waals surface area contributed by atoms with Crippen LogP contribution in [0.4, 0.5) is 5.82 Å². The van der Waals surface area contributed by atoms with E-state index in [0.29, 0.717) is 0 Å². The molecule has 0 aliphatic carbocycles. The van der Waals surface area contributed by atoms with Crippen molar-refractivity contribution in [2.45, 2.75) is 50.3 Å². The molecule has 3 rings (SSSR count). The van der Waals surface area contributed by atoms with Crippen molar-refractivity contribution < 1.29 is 23.5 Å². The lowest BCUT2D eigenvalue weighted by molar-refractivity contribution is -0.147. The number of nitrogens with one attached hydrogen (secondary N) is 1. The molecular formula is C14H20N5O6P. The number of nitriles is 1. The fourth-order valence-electron chi connectivity index (χ4n) is 3.13. The Morgan fingerprint density at radius 2 is 2.31 bits per heavy atom. The molecule has 26 heavy (non-hydrogen) atoms. The summed E-state index contributed by atoms with van der Waals surface area (Å²) in [6, 6.07) is 2.92. The van der Waals surface area contributed by atoms with Gasteiger partial charge in [0, 0.05) is 12.2 Å². The van der Waals surface area contributed by atoms with Gasteiger partial charge in [-0.15, -0.1) is 0 Å². The molecule has 4 N–H and O–H groups in total. The third-order valence-electron chi connectivity index (χ3n) is 4.29. The van der Waals surface area contributed by atoms with Crippen LogP contribution in [0.5, 0.6) is 0 Å². The molecule has 3 heterocycles. The fourth-order valence-corrected chi connectivity index (χ4v) is 4.94. The van der Waals surface area contributed by atoms with Crippen LogP contribution in [0.15, 0.2) is 17.1 Å². The molecule has 12 heteroatoms. The number of aromatic nitrogens is 2. The Hall–Kier alpha value is -1.80. The van der Waals surface area contributed by atoms with Crippen LogP contribution in [-0.4, -0.2) is 45.1 Å². The van der Waals surface area contributed by atoms with E-state index in [0.717, 1.165) is 4.57 Å². The molecule has 0 bridgehead atoms. The lowest BCUT2D eigenvalue weighted by Gasteiger charge is -2.38. The zero-order valence-corrected chi connectivity index (χ0v) is 15.3. The number of nitrogens with two attached hydrogens (primary N) is 1. The summed E-state index contributed by atoms with van der Waals surface area (Å²) in [5.41, 5.74) is 0.405. The summed E-state index contributed by atoms with van der Waals surface area (Å²) in [7, 11) is -3.72. The van der Waals surface area contributed by atoms with Gasteiger partial charge >= 0.3 is 13.4 Å². The van der Waals surface area contributed by atoms with Crippen molar-refractivity contribution >= 4 is 13.6 Å². The van der Waals surface area contributed by atoms with Gasteiger partial charge in [-0.25, -0.2) is 14.4 Å². The largest absolute Gasteiger partial charge is 0.406 e. The second-order valence-corrected chi connectivity index (χ2v) is 8.39.